The maximum atomic E-state index is 6.00. The van der Waals surface area contributed by atoms with Crippen molar-refractivity contribution in [2.24, 2.45) is 5.73 Å². The van der Waals surface area contributed by atoms with Gasteiger partial charge < -0.3 is 10.5 Å². The van der Waals surface area contributed by atoms with Gasteiger partial charge in [-0.2, -0.15) is 0 Å². The Morgan fingerprint density at radius 2 is 1.38 bits per heavy atom. The molecule has 0 spiro atoms. The van der Waals surface area contributed by atoms with Crippen LogP contribution in [0.1, 0.15) is 12.0 Å². The molecule has 1 aliphatic rings. The van der Waals surface area contributed by atoms with Crippen molar-refractivity contribution in [2.45, 2.75) is 12.8 Å². The molecule has 1 aliphatic heterocycles. The SMILES string of the molecule is CN.c1ccc(-c2ccccc2-c2cccc3c2OCCC3)cc1. The zero-order valence-electron chi connectivity index (χ0n) is 14.0. The molecule has 0 fully saturated rings. The van der Waals surface area contributed by atoms with Gasteiger partial charge in [0.05, 0.1) is 6.61 Å². The Hall–Kier alpha value is -2.58. The lowest BCUT2D eigenvalue weighted by Gasteiger charge is -2.21. The summed E-state index contributed by atoms with van der Waals surface area (Å²) in [5, 5.41) is 0. The van der Waals surface area contributed by atoms with Crippen LogP contribution >= 0.6 is 0 Å². The largest absolute Gasteiger partial charge is 0.493 e. The summed E-state index contributed by atoms with van der Waals surface area (Å²) in [6.07, 6.45) is 2.22. The van der Waals surface area contributed by atoms with E-state index in [1.807, 2.05) is 0 Å². The van der Waals surface area contributed by atoms with E-state index >= 15 is 0 Å². The van der Waals surface area contributed by atoms with E-state index in [1.54, 1.807) is 0 Å². The van der Waals surface area contributed by atoms with Crippen molar-refractivity contribution < 1.29 is 4.74 Å². The molecule has 3 aromatic carbocycles. The molecule has 4 rings (SSSR count). The molecule has 0 atom stereocenters. The molecule has 0 saturated carbocycles. The molecule has 2 N–H and O–H groups in total. The van der Waals surface area contributed by atoms with E-state index in [0.717, 1.165) is 25.2 Å². The first-order valence-corrected chi connectivity index (χ1v) is 8.41. The molecule has 0 unspecified atom stereocenters. The minimum Gasteiger partial charge on any atom is -0.493 e. The summed E-state index contributed by atoms with van der Waals surface area (Å²) in [5.74, 6) is 1.07. The fraction of sp³-hybridized carbons (Fsp3) is 0.182. The highest BCUT2D eigenvalue weighted by Gasteiger charge is 2.17. The van der Waals surface area contributed by atoms with Crippen molar-refractivity contribution >= 4 is 0 Å². The standard InChI is InChI=1S/C21H18O.CH5N/c1-2-8-16(9-3-1)18-12-4-5-13-19(18)20-14-6-10-17-11-7-15-22-21(17)20;1-2/h1-6,8-10,12-14H,7,11,15H2;2H2,1H3. The minimum atomic E-state index is 0.817. The number of hydrogen-bond donors (Lipinski definition) is 1. The van der Waals surface area contributed by atoms with E-state index in [-0.39, 0.29) is 0 Å². The van der Waals surface area contributed by atoms with Crippen LogP contribution in [0.2, 0.25) is 0 Å². The molecular weight excluding hydrogens is 294 g/mol. The molecule has 3 aromatic rings. The van der Waals surface area contributed by atoms with Gasteiger partial charge in [-0.05, 0) is 42.1 Å². The maximum absolute atomic E-state index is 6.00. The first kappa shape index (κ1) is 16.3. The second-order valence-electron chi connectivity index (χ2n) is 5.66. The van der Waals surface area contributed by atoms with Crippen LogP contribution in [0.4, 0.5) is 0 Å². The Morgan fingerprint density at radius 3 is 2.17 bits per heavy atom. The lowest BCUT2D eigenvalue weighted by molar-refractivity contribution is 0.289. The number of aryl methyl sites for hydroxylation is 1. The molecule has 0 radical (unpaired) electrons. The monoisotopic (exact) mass is 317 g/mol. The van der Waals surface area contributed by atoms with Crippen LogP contribution in [-0.2, 0) is 6.42 Å². The maximum Gasteiger partial charge on any atom is 0.130 e. The average Bonchev–Trinajstić information content (AvgIpc) is 2.70. The smallest absolute Gasteiger partial charge is 0.130 e. The summed E-state index contributed by atoms with van der Waals surface area (Å²) >= 11 is 0. The third-order valence-electron chi connectivity index (χ3n) is 4.24. The summed E-state index contributed by atoms with van der Waals surface area (Å²) < 4.78 is 6.00. The van der Waals surface area contributed by atoms with Gasteiger partial charge in [0, 0.05) is 5.56 Å². The van der Waals surface area contributed by atoms with Gasteiger partial charge in [0.2, 0.25) is 0 Å². The molecular formula is C22H23NO. The summed E-state index contributed by atoms with van der Waals surface area (Å²) in [5.41, 5.74) is 10.8. The molecule has 0 bridgehead atoms. The van der Waals surface area contributed by atoms with E-state index < -0.39 is 0 Å². The fourth-order valence-electron chi connectivity index (χ4n) is 3.19. The zero-order valence-corrected chi connectivity index (χ0v) is 14.0. The molecule has 1 heterocycles. The van der Waals surface area contributed by atoms with Crippen molar-refractivity contribution in [1.29, 1.82) is 0 Å². The second kappa shape index (κ2) is 7.80. The molecule has 2 nitrogen and oxygen atoms in total. The molecule has 122 valence electrons. The van der Waals surface area contributed by atoms with E-state index in [0.29, 0.717) is 0 Å². The summed E-state index contributed by atoms with van der Waals surface area (Å²) in [6, 6.07) is 25.6. The predicted octanol–water partition coefficient (Wildman–Crippen LogP) is 4.92. The Morgan fingerprint density at radius 1 is 0.708 bits per heavy atom. The Labute approximate surface area is 143 Å². The van der Waals surface area contributed by atoms with Gasteiger partial charge >= 0.3 is 0 Å². The van der Waals surface area contributed by atoms with Crippen LogP contribution in [0.25, 0.3) is 22.3 Å². The number of rotatable bonds is 2. The van der Waals surface area contributed by atoms with Crippen molar-refractivity contribution in [2.75, 3.05) is 13.7 Å². The van der Waals surface area contributed by atoms with Crippen LogP contribution in [-0.4, -0.2) is 13.7 Å². The number of fused-ring (bicyclic) bond motifs is 1. The number of hydrogen-bond acceptors (Lipinski definition) is 2. The Kier molecular flexibility index (Phi) is 5.29. The van der Waals surface area contributed by atoms with Crippen molar-refractivity contribution in [1.82, 2.24) is 0 Å². The Bertz CT molecular complexity index is 796. The molecule has 0 aromatic heterocycles. The van der Waals surface area contributed by atoms with E-state index in [1.165, 1.54) is 34.9 Å². The van der Waals surface area contributed by atoms with Gasteiger partial charge in [0.1, 0.15) is 5.75 Å². The summed E-state index contributed by atoms with van der Waals surface area (Å²) in [4.78, 5) is 0. The van der Waals surface area contributed by atoms with Crippen molar-refractivity contribution in [3.05, 3.63) is 78.4 Å². The zero-order chi connectivity index (χ0) is 16.8. The van der Waals surface area contributed by atoms with Crippen LogP contribution < -0.4 is 10.5 Å². The van der Waals surface area contributed by atoms with E-state index in [9.17, 15) is 0 Å². The summed E-state index contributed by atoms with van der Waals surface area (Å²) in [6.45, 7) is 0.817. The number of benzene rings is 3. The van der Waals surface area contributed by atoms with Gasteiger partial charge in [-0.1, -0.05) is 72.8 Å². The van der Waals surface area contributed by atoms with E-state index in [4.69, 9.17) is 4.74 Å². The molecule has 0 amide bonds. The highest BCUT2D eigenvalue weighted by atomic mass is 16.5. The van der Waals surface area contributed by atoms with Crippen LogP contribution in [0, 0.1) is 0 Å². The predicted molar refractivity (Wildman–Crippen MR) is 101 cm³/mol. The third-order valence-corrected chi connectivity index (χ3v) is 4.24. The third kappa shape index (κ3) is 3.19. The highest BCUT2D eigenvalue weighted by molar-refractivity contribution is 5.86. The Balaban J connectivity index is 0.000000815. The average molecular weight is 317 g/mol. The van der Waals surface area contributed by atoms with Crippen LogP contribution in [0.5, 0.6) is 5.75 Å². The lowest BCUT2D eigenvalue weighted by Crippen LogP contribution is -2.09. The van der Waals surface area contributed by atoms with Crippen molar-refractivity contribution in [3.8, 4) is 28.0 Å². The molecule has 0 aliphatic carbocycles. The summed E-state index contributed by atoms with van der Waals surface area (Å²) in [7, 11) is 1.50. The second-order valence-corrected chi connectivity index (χ2v) is 5.66. The quantitative estimate of drug-likeness (QED) is 0.728. The van der Waals surface area contributed by atoms with Gasteiger partial charge in [0.15, 0.2) is 0 Å². The topological polar surface area (TPSA) is 35.2 Å². The van der Waals surface area contributed by atoms with E-state index in [2.05, 4.69) is 78.5 Å². The molecule has 0 saturated heterocycles. The normalized spacial score (nSPS) is 12.4. The number of nitrogens with two attached hydrogens (primary N) is 1. The van der Waals surface area contributed by atoms with Crippen LogP contribution in [0.15, 0.2) is 72.8 Å². The fourth-order valence-corrected chi connectivity index (χ4v) is 3.19. The lowest BCUT2D eigenvalue weighted by atomic mass is 9.91. The minimum absolute atomic E-state index is 0.817. The molecule has 24 heavy (non-hydrogen) atoms. The van der Waals surface area contributed by atoms with Crippen LogP contribution in [0.3, 0.4) is 0 Å². The number of ether oxygens (including phenoxy) is 1. The van der Waals surface area contributed by atoms with Gasteiger partial charge in [0.25, 0.3) is 0 Å². The first-order valence-electron chi connectivity index (χ1n) is 8.41. The van der Waals surface area contributed by atoms with Crippen molar-refractivity contribution in [3.63, 3.8) is 0 Å². The number of para-hydroxylation sites is 1. The van der Waals surface area contributed by atoms with Gasteiger partial charge in [-0.15, -0.1) is 0 Å². The highest BCUT2D eigenvalue weighted by Crippen LogP contribution is 2.40. The molecule has 2 heteroatoms. The van der Waals surface area contributed by atoms with Gasteiger partial charge in [-0.25, -0.2) is 0 Å². The van der Waals surface area contributed by atoms with Gasteiger partial charge in [-0.3, -0.25) is 0 Å². The first-order chi connectivity index (χ1) is 11.9.